The topological polar surface area (TPSA) is 47.6 Å². The van der Waals surface area contributed by atoms with E-state index in [0.29, 0.717) is 12.2 Å². The van der Waals surface area contributed by atoms with E-state index >= 15 is 0 Å². The fourth-order valence-corrected chi connectivity index (χ4v) is 1.89. The van der Waals surface area contributed by atoms with E-state index in [-0.39, 0.29) is 12.0 Å². The van der Waals surface area contributed by atoms with Crippen LogP contribution in [0.1, 0.15) is 29.8 Å². The second-order valence-corrected chi connectivity index (χ2v) is 5.24. The van der Waals surface area contributed by atoms with Crippen LogP contribution < -0.4 is 10.1 Å². The van der Waals surface area contributed by atoms with E-state index < -0.39 is 0 Å². The largest absolute Gasteiger partial charge is 0.497 e. The van der Waals surface area contributed by atoms with Gasteiger partial charge in [-0.15, -0.1) is 0 Å². The standard InChI is InChI=1S/C18H21NO3/c1-13(2)22-12-14-4-6-15(7-5-14)18(20)19-16-8-10-17(21-3)11-9-16/h4-11,13H,12H2,1-3H3,(H,19,20). The highest BCUT2D eigenvalue weighted by Gasteiger charge is 2.06. The number of anilines is 1. The molecule has 0 spiro atoms. The van der Waals surface area contributed by atoms with Crippen molar-refractivity contribution in [2.45, 2.75) is 26.6 Å². The number of carbonyl (C=O) groups is 1. The summed E-state index contributed by atoms with van der Waals surface area (Å²) in [6.45, 7) is 4.55. The van der Waals surface area contributed by atoms with Gasteiger partial charge < -0.3 is 14.8 Å². The fraction of sp³-hybridized carbons (Fsp3) is 0.278. The molecule has 0 aliphatic heterocycles. The SMILES string of the molecule is COc1ccc(NC(=O)c2ccc(COC(C)C)cc2)cc1. The molecule has 2 rings (SSSR count). The van der Waals surface area contributed by atoms with E-state index in [1.165, 1.54) is 0 Å². The average Bonchev–Trinajstić information content (AvgIpc) is 2.54. The summed E-state index contributed by atoms with van der Waals surface area (Å²) in [7, 11) is 1.61. The maximum absolute atomic E-state index is 12.2. The molecule has 4 heteroatoms. The molecule has 22 heavy (non-hydrogen) atoms. The van der Waals surface area contributed by atoms with Crippen molar-refractivity contribution in [3.8, 4) is 5.75 Å². The second-order valence-electron chi connectivity index (χ2n) is 5.24. The number of rotatable bonds is 6. The number of carbonyl (C=O) groups excluding carboxylic acids is 1. The van der Waals surface area contributed by atoms with Gasteiger partial charge in [0, 0.05) is 11.3 Å². The van der Waals surface area contributed by atoms with Crippen LogP contribution in [0.25, 0.3) is 0 Å². The summed E-state index contributed by atoms with van der Waals surface area (Å²) >= 11 is 0. The first-order valence-corrected chi connectivity index (χ1v) is 7.24. The molecule has 0 heterocycles. The zero-order valence-electron chi connectivity index (χ0n) is 13.1. The summed E-state index contributed by atoms with van der Waals surface area (Å²) in [4.78, 5) is 12.2. The second kappa shape index (κ2) is 7.61. The van der Waals surface area contributed by atoms with Gasteiger partial charge in [0.05, 0.1) is 19.8 Å². The molecule has 2 aromatic rings. The minimum Gasteiger partial charge on any atom is -0.497 e. The number of nitrogens with one attached hydrogen (secondary N) is 1. The highest BCUT2D eigenvalue weighted by molar-refractivity contribution is 6.04. The molecule has 0 fully saturated rings. The molecular weight excluding hydrogens is 278 g/mol. The van der Waals surface area contributed by atoms with E-state index in [9.17, 15) is 4.79 Å². The van der Waals surface area contributed by atoms with Crippen molar-refractivity contribution in [1.82, 2.24) is 0 Å². The van der Waals surface area contributed by atoms with Gasteiger partial charge in [-0.2, -0.15) is 0 Å². The molecule has 0 aliphatic carbocycles. The number of methoxy groups -OCH3 is 1. The van der Waals surface area contributed by atoms with E-state index in [1.807, 2.05) is 50.2 Å². The maximum atomic E-state index is 12.2. The Kier molecular flexibility index (Phi) is 5.55. The zero-order valence-corrected chi connectivity index (χ0v) is 13.1. The number of benzene rings is 2. The van der Waals surface area contributed by atoms with Crippen LogP contribution in [0.4, 0.5) is 5.69 Å². The van der Waals surface area contributed by atoms with Crippen LogP contribution in [0.3, 0.4) is 0 Å². The molecule has 1 N–H and O–H groups in total. The Hall–Kier alpha value is -2.33. The van der Waals surface area contributed by atoms with Crippen molar-refractivity contribution in [2.24, 2.45) is 0 Å². The first-order valence-electron chi connectivity index (χ1n) is 7.24. The third kappa shape index (κ3) is 4.60. The van der Waals surface area contributed by atoms with Gasteiger partial charge in [-0.05, 0) is 55.8 Å². The molecule has 0 aliphatic rings. The predicted octanol–water partition coefficient (Wildman–Crippen LogP) is 3.87. The number of ether oxygens (including phenoxy) is 2. The molecule has 0 unspecified atom stereocenters. The van der Waals surface area contributed by atoms with Gasteiger partial charge in [-0.1, -0.05) is 12.1 Å². The first-order chi connectivity index (χ1) is 10.6. The van der Waals surface area contributed by atoms with Gasteiger partial charge in [-0.3, -0.25) is 4.79 Å². The molecule has 4 nitrogen and oxygen atoms in total. The van der Waals surface area contributed by atoms with Gasteiger partial charge in [0.25, 0.3) is 5.91 Å². The van der Waals surface area contributed by atoms with Crippen LogP contribution in [0.5, 0.6) is 5.75 Å². The fourth-order valence-electron chi connectivity index (χ4n) is 1.89. The van der Waals surface area contributed by atoms with Crippen molar-refractivity contribution in [1.29, 1.82) is 0 Å². The van der Waals surface area contributed by atoms with E-state index in [4.69, 9.17) is 9.47 Å². The predicted molar refractivity (Wildman–Crippen MR) is 87.3 cm³/mol. The van der Waals surface area contributed by atoms with Crippen LogP contribution in [0, 0.1) is 0 Å². The average molecular weight is 299 g/mol. The number of hydrogen-bond donors (Lipinski definition) is 1. The molecule has 0 atom stereocenters. The molecule has 0 bridgehead atoms. The summed E-state index contributed by atoms with van der Waals surface area (Å²) in [5, 5.41) is 2.85. The Morgan fingerprint density at radius 3 is 2.23 bits per heavy atom. The van der Waals surface area contributed by atoms with E-state index in [2.05, 4.69) is 5.32 Å². The summed E-state index contributed by atoms with van der Waals surface area (Å²) in [6.07, 6.45) is 0.193. The molecule has 0 aromatic heterocycles. The van der Waals surface area contributed by atoms with Crippen molar-refractivity contribution in [3.63, 3.8) is 0 Å². The number of amides is 1. The quantitative estimate of drug-likeness (QED) is 0.880. The van der Waals surface area contributed by atoms with Crippen LogP contribution in [0.15, 0.2) is 48.5 Å². The van der Waals surface area contributed by atoms with Gasteiger partial charge in [-0.25, -0.2) is 0 Å². The highest BCUT2D eigenvalue weighted by Crippen LogP contribution is 2.16. The van der Waals surface area contributed by atoms with Crippen LogP contribution in [0.2, 0.25) is 0 Å². The molecule has 116 valence electrons. The summed E-state index contributed by atoms with van der Waals surface area (Å²) in [6, 6.07) is 14.7. The Bertz CT molecular complexity index is 603. The van der Waals surface area contributed by atoms with E-state index in [0.717, 1.165) is 17.0 Å². The molecule has 0 radical (unpaired) electrons. The summed E-state index contributed by atoms with van der Waals surface area (Å²) in [5.41, 5.74) is 2.40. The smallest absolute Gasteiger partial charge is 0.255 e. The van der Waals surface area contributed by atoms with Crippen molar-refractivity contribution >= 4 is 11.6 Å². The third-order valence-corrected chi connectivity index (χ3v) is 3.15. The molecule has 1 amide bonds. The maximum Gasteiger partial charge on any atom is 0.255 e. The van der Waals surface area contributed by atoms with Crippen molar-refractivity contribution in [2.75, 3.05) is 12.4 Å². The molecule has 2 aromatic carbocycles. The number of hydrogen-bond acceptors (Lipinski definition) is 3. The minimum absolute atomic E-state index is 0.138. The lowest BCUT2D eigenvalue weighted by Crippen LogP contribution is -2.12. The lowest BCUT2D eigenvalue weighted by molar-refractivity contribution is 0.0657. The van der Waals surface area contributed by atoms with Gasteiger partial charge >= 0.3 is 0 Å². The summed E-state index contributed by atoms with van der Waals surface area (Å²) < 4.78 is 10.6. The molecule has 0 saturated carbocycles. The Morgan fingerprint density at radius 2 is 1.68 bits per heavy atom. The Labute approximate surface area is 131 Å². The normalized spacial score (nSPS) is 10.5. The monoisotopic (exact) mass is 299 g/mol. The summed E-state index contributed by atoms with van der Waals surface area (Å²) in [5.74, 6) is 0.619. The highest BCUT2D eigenvalue weighted by atomic mass is 16.5. The van der Waals surface area contributed by atoms with E-state index in [1.54, 1.807) is 19.2 Å². The zero-order chi connectivity index (χ0) is 15.9. The van der Waals surface area contributed by atoms with Crippen LogP contribution >= 0.6 is 0 Å². The van der Waals surface area contributed by atoms with Crippen LogP contribution in [-0.4, -0.2) is 19.1 Å². The van der Waals surface area contributed by atoms with Crippen molar-refractivity contribution < 1.29 is 14.3 Å². The molecule has 0 saturated heterocycles. The lowest BCUT2D eigenvalue weighted by Gasteiger charge is -2.09. The third-order valence-electron chi connectivity index (χ3n) is 3.15. The lowest BCUT2D eigenvalue weighted by atomic mass is 10.1. The minimum atomic E-state index is -0.138. The van der Waals surface area contributed by atoms with Gasteiger partial charge in [0.2, 0.25) is 0 Å². The Balaban J connectivity index is 1.96. The van der Waals surface area contributed by atoms with Crippen LogP contribution in [-0.2, 0) is 11.3 Å². The first kappa shape index (κ1) is 16.0. The van der Waals surface area contributed by atoms with Gasteiger partial charge in [0.1, 0.15) is 5.75 Å². The van der Waals surface area contributed by atoms with Gasteiger partial charge in [0.15, 0.2) is 0 Å². The molecular formula is C18H21NO3. The van der Waals surface area contributed by atoms with Crippen molar-refractivity contribution in [3.05, 3.63) is 59.7 Å². The Morgan fingerprint density at radius 1 is 1.05 bits per heavy atom.